The van der Waals surface area contributed by atoms with Gasteiger partial charge in [-0.2, -0.15) is 0 Å². The number of pyridine rings is 1. The van der Waals surface area contributed by atoms with Crippen LogP contribution in [0.1, 0.15) is 29.0 Å². The fourth-order valence-electron chi connectivity index (χ4n) is 2.17. The van der Waals surface area contributed by atoms with Crippen LogP contribution in [0.2, 0.25) is 0 Å². The van der Waals surface area contributed by atoms with Crippen LogP contribution in [0.4, 0.5) is 0 Å². The summed E-state index contributed by atoms with van der Waals surface area (Å²) >= 11 is 0. The van der Waals surface area contributed by atoms with Crippen LogP contribution in [0, 0.1) is 0 Å². The van der Waals surface area contributed by atoms with Gasteiger partial charge in [0.15, 0.2) is 0 Å². The number of H-pyrrole nitrogens is 1. The lowest BCUT2D eigenvalue weighted by atomic mass is 10.0. The molecule has 4 nitrogen and oxygen atoms in total. The van der Waals surface area contributed by atoms with Crippen LogP contribution in [0.5, 0.6) is 0 Å². The first-order chi connectivity index (χ1) is 8.80. The molecule has 0 bridgehead atoms. The van der Waals surface area contributed by atoms with Gasteiger partial charge in [0, 0.05) is 30.0 Å². The van der Waals surface area contributed by atoms with E-state index in [-0.39, 0.29) is 11.3 Å². The Morgan fingerprint density at radius 2 is 2.22 bits per heavy atom. The Kier molecular flexibility index (Phi) is 2.63. The van der Waals surface area contributed by atoms with Crippen LogP contribution in [-0.4, -0.2) is 22.4 Å². The zero-order chi connectivity index (χ0) is 12.4. The number of amides is 1. The first-order valence-corrected chi connectivity index (χ1v) is 6.13. The fraction of sp³-hybridized carbons (Fsp3) is 0.286. The molecule has 0 aromatic carbocycles. The second-order valence-corrected chi connectivity index (χ2v) is 4.76. The predicted molar refractivity (Wildman–Crippen MR) is 68.3 cm³/mol. The third-order valence-corrected chi connectivity index (χ3v) is 3.49. The lowest BCUT2D eigenvalue weighted by molar-refractivity contribution is 0.0945. The highest BCUT2D eigenvalue weighted by Gasteiger charge is 2.45. The van der Waals surface area contributed by atoms with E-state index in [1.165, 1.54) is 0 Å². The number of hydrogen-bond donors (Lipinski definition) is 2. The minimum atomic E-state index is -0.0535. The van der Waals surface area contributed by atoms with E-state index in [9.17, 15) is 4.79 Å². The summed E-state index contributed by atoms with van der Waals surface area (Å²) in [5, 5.41) is 2.98. The quantitative estimate of drug-likeness (QED) is 0.858. The summed E-state index contributed by atoms with van der Waals surface area (Å²) in [6, 6.07) is 9.54. The summed E-state index contributed by atoms with van der Waals surface area (Å²) in [6.45, 7) is 0.655. The number of carbonyl (C=O) groups excluding carboxylic acids is 1. The molecule has 1 amide bonds. The summed E-state index contributed by atoms with van der Waals surface area (Å²) < 4.78 is 0. The second-order valence-electron chi connectivity index (χ2n) is 4.76. The summed E-state index contributed by atoms with van der Waals surface area (Å²) in [4.78, 5) is 19.1. The van der Waals surface area contributed by atoms with Gasteiger partial charge in [-0.1, -0.05) is 6.07 Å². The third kappa shape index (κ3) is 2.01. The van der Waals surface area contributed by atoms with Crippen molar-refractivity contribution in [3.8, 4) is 0 Å². The van der Waals surface area contributed by atoms with Gasteiger partial charge in [-0.25, -0.2) is 0 Å². The largest absolute Gasteiger partial charge is 0.357 e. The Hall–Kier alpha value is -2.10. The number of aromatic amines is 1. The van der Waals surface area contributed by atoms with E-state index >= 15 is 0 Å². The number of nitrogens with one attached hydrogen (secondary N) is 2. The zero-order valence-corrected chi connectivity index (χ0v) is 10.0. The molecule has 0 unspecified atom stereocenters. The minimum Gasteiger partial charge on any atom is -0.357 e. The normalized spacial score (nSPS) is 16.2. The molecule has 2 heterocycles. The Bertz CT molecular complexity index is 529. The van der Waals surface area contributed by atoms with Crippen LogP contribution < -0.4 is 5.32 Å². The van der Waals surface area contributed by atoms with Gasteiger partial charge in [0.2, 0.25) is 0 Å². The van der Waals surface area contributed by atoms with E-state index in [0.717, 1.165) is 18.5 Å². The average molecular weight is 241 g/mol. The Morgan fingerprint density at radius 1 is 1.33 bits per heavy atom. The van der Waals surface area contributed by atoms with Crippen molar-refractivity contribution in [2.45, 2.75) is 18.3 Å². The van der Waals surface area contributed by atoms with Crippen molar-refractivity contribution in [3.05, 3.63) is 54.1 Å². The molecule has 0 aliphatic heterocycles. The van der Waals surface area contributed by atoms with Gasteiger partial charge in [0.05, 0.1) is 0 Å². The van der Waals surface area contributed by atoms with Gasteiger partial charge in [0.25, 0.3) is 5.91 Å². The number of nitrogens with zero attached hydrogens (tertiary/aromatic N) is 1. The molecule has 2 aromatic heterocycles. The maximum Gasteiger partial charge on any atom is 0.267 e. The molecule has 92 valence electrons. The van der Waals surface area contributed by atoms with Crippen molar-refractivity contribution in [2.24, 2.45) is 0 Å². The van der Waals surface area contributed by atoms with Crippen LogP contribution in [0.3, 0.4) is 0 Å². The van der Waals surface area contributed by atoms with Crippen molar-refractivity contribution >= 4 is 5.91 Å². The van der Waals surface area contributed by atoms with E-state index in [1.54, 1.807) is 12.3 Å². The van der Waals surface area contributed by atoms with Gasteiger partial charge in [-0.3, -0.25) is 9.78 Å². The smallest absolute Gasteiger partial charge is 0.267 e. The molecule has 0 radical (unpaired) electrons. The molecular weight excluding hydrogens is 226 g/mol. The van der Waals surface area contributed by atoms with Gasteiger partial charge in [0.1, 0.15) is 5.69 Å². The third-order valence-electron chi connectivity index (χ3n) is 3.49. The van der Waals surface area contributed by atoms with Gasteiger partial charge >= 0.3 is 0 Å². The molecule has 2 N–H and O–H groups in total. The molecule has 1 aliphatic rings. The highest BCUT2D eigenvalue weighted by Crippen LogP contribution is 2.46. The van der Waals surface area contributed by atoms with Crippen LogP contribution in [-0.2, 0) is 5.41 Å². The van der Waals surface area contributed by atoms with Crippen LogP contribution >= 0.6 is 0 Å². The molecule has 3 rings (SSSR count). The van der Waals surface area contributed by atoms with E-state index in [1.807, 2.05) is 30.5 Å². The lowest BCUT2D eigenvalue weighted by Gasteiger charge is -2.15. The molecule has 0 atom stereocenters. The van der Waals surface area contributed by atoms with Gasteiger partial charge in [-0.05, 0) is 37.1 Å². The topological polar surface area (TPSA) is 57.8 Å². The van der Waals surface area contributed by atoms with E-state index in [2.05, 4.69) is 15.3 Å². The standard InChI is InChI=1S/C14H15N3O/c18-13(11-4-3-9-15-11)17-10-14(6-7-14)12-5-1-2-8-16-12/h1-5,8-9,15H,6-7,10H2,(H,17,18). The molecule has 4 heteroatoms. The summed E-state index contributed by atoms with van der Waals surface area (Å²) in [6.07, 6.45) is 5.74. The van der Waals surface area contributed by atoms with Crippen molar-refractivity contribution in [3.63, 3.8) is 0 Å². The summed E-state index contributed by atoms with van der Waals surface area (Å²) in [5.41, 5.74) is 1.74. The van der Waals surface area contributed by atoms with Crippen LogP contribution in [0.25, 0.3) is 0 Å². The van der Waals surface area contributed by atoms with Crippen molar-refractivity contribution < 1.29 is 4.79 Å². The molecule has 0 spiro atoms. The van der Waals surface area contributed by atoms with Crippen LogP contribution in [0.15, 0.2) is 42.7 Å². The summed E-state index contributed by atoms with van der Waals surface area (Å²) in [7, 11) is 0. The van der Waals surface area contributed by atoms with E-state index < -0.39 is 0 Å². The average Bonchev–Trinajstić information content (AvgIpc) is 3.01. The highest BCUT2D eigenvalue weighted by atomic mass is 16.1. The van der Waals surface area contributed by atoms with Gasteiger partial charge in [-0.15, -0.1) is 0 Å². The van der Waals surface area contributed by atoms with Crippen molar-refractivity contribution in [1.82, 2.24) is 15.3 Å². The van der Waals surface area contributed by atoms with Crippen molar-refractivity contribution in [2.75, 3.05) is 6.54 Å². The van der Waals surface area contributed by atoms with E-state index in [0.29, 0.717) is 12.2 Å². The SMILES string of the molecule is O=C(NCC1(c2ccccn2)CC1)c1ccc[nH]1. The number of hydrogen-bond acceptors (Lipinski definition) is 2. The molecule has 0 saturated heterocycles. The van der Waals surface area contributed by atoms with E-state index in [4.69, 9.17) is 0 Å². The molecule has 2 aromatic rings. The lowest BCUT2D eigenvalue weighted by Crippen LogP contribution is -2.32. The maximum absolute atomic E-state index is 11.8. The second kappa shape index (κ2) is 4.29. The first kappa shape index (κ1) is 11.0. The molecule has 18 heavy (non-hydrogen) atoms. The molecule has 1 fully saturated rings. The van der Waals surface area contributed by atoms with Crippen molar-refractivity contribution in [1.29, 1.82) is 0 Å². The Labute approximate surface area is 105 Å². The predicted octanol–water partition coefficient (Wildman–Crippen LogP) is 1.87. The number of rotatable bonds is 4. The molecular formula is C14H15N3O. The summed E-state index contributed by atoms with van der Waals surface area (Å²) in [5.74, 6) is -0.0535. The highest BCUT2D eigenvalue weighted by molar-refractivity contribution is 5.92. The monoisotopic (exact) mass is 241 g/mol. The molecule has 1 aliphatic carbocycles. The first-order valence-electron chi connectivity index (χ1n) is 6.13. The Morgan fingerprint density at radius 3 is 2.83 bits per heavy atom. The maximum atomic E-state index is 11.8. The number of aromatic nitrogens is 2. The Balaban J connectivity index is 1.66. The molecule has 1 saturated carbocycles. The van der Waals surface area contributed by atoms with Gasteiger partial charge < -0.3 is 10.3 Å². The fourth-order valence-corrected chi connectivity index (χ4v) is 2.17. The minimum absolute atomic E-state index is 0.0535. The zero-order valence-electron chi connectivity index (χ0n) is 10.0. The number of carbonyl (C=O) groups is 1.